The van der Waals surface area contributed by atoms with E-state index in [1.54, 1.807) is 0 Å². The number of nitrogens with one attached hydrogen (secondary N) is 7. The van der Waals surface area contributed by atoms with Crippen molar-refractivity contribution in [3.05, 3.63) is 0 Å². The Kier molecular flexibility index (Phi) is 29.9. The molecule has 7 aliphatic heterocycles. The molecule has 0 saturated carbocycles. The number of nitrogens with two attached hydrogens (primary N) is 1. The normalized spacial score (nSPS) is 35.5. The Labute approximate surface area is 583 Å². The van der Waals surface area contributed by atoms with Crippen molar-refractivity contribution in [2.75, 3.05) is 59.2 Å². The first-order chi connectivity index (χ1) is 48.2. The number of amides is 11. The summed E-state index contributed by atoms with van der Waals surface area (Å²) in [6, 6.07) is -13.5. The van der Waals surface area contributed by atoms with E-state index in [1.807, 2.05) is 0 Å². The van der Waals surface area contributed by atoms with E-state index < -0.39 is 276 Å². The van der Waals surface area contributed by atoms with Crippen molar-refractivity contribution < 1.29 is 152 Å². The fraction of sp³-hybridized carbons (Fsp3) is 0.817. The van der Waals surface area contributed by atoms with Crippen LogP contribution >= 0.6 is 0 Å². The summed E-state index contributed by atoms with van der Waals surface area (Å²) < 4.78 is 47.7. The van der Waals surface area contributed by atoms with Gasteiger partial charge in [0.05, 0.1) is 45.7 Å². The summed E-state index contributed by atoms with van der Waals surface area (Å²) in [6.45, 7) is 1.44. The van der Waals surface area contributed by atoms with Gasteiger partial charge in [0.1, 0.15) is 140 Å². The molecule has 11 amide bonds. The molecule has 7 saturated heterocycles. The monoisotopic (exact) mass is 1470 g/mol. The maximum atomic E-state index is 15.0. The molecule has 0 spiro atoms. The number of hydrogen-bond acceptors (Lipinski definition) is 31. The van der Waals surface area contributed by atoms with Crippen LogP contribution in [-0.4, -0.2) is 371 Å². The van der Waals surface area contributed by atoms with E-state index in [2.05, 4.69) is 37.2 Å². The van der Waals surface area contributed by atoms with Crippen molar-refractivity contribution in [3.63, 3.8) is 0 Å². The first-order valence-electron chi connectivity index (χ1n) is 33.5. The Bertz CT molecular complexity index is 2950. The van der Waals surface area contributed by atoms with Crippen LogP contribution in [0.5, 0.6) is 0 Å². The molecular formula is C60H97N11O31. The topological polar surface area (TPSA) is 624 Å². The number of likely N-dealkylation sites (tertiary alicyclic amines) is 3. The predicted molar refractivity (Wildman–Crippen MR) is 334 cm³/mol. The highest BCUT2D eigenvalue weighted by Gasteiger charge is 2.56. The Morgan fingerprint density at radius 2 is 1.02 bits per heavy atom. The summed E-state index contributed by atoms with van der Waals surface area (Å²) >= 11 is 0. The number of primary amides is 1. The zero-order valence-corrected chi connectivity index (χ0v) is 56.8. The van der Waals surface area contributed by atoms with Crippen LogP contribution in [0.25, 0.3) is 0 Å². The maximum Gasteiger partial charge on any atom is 0.246 e. The molecule has 0 bridgehead atoms. The number of carbonyl (C=O) groups is 11. The number of aliphatic hydroxyl groups is 12. The van der Waals surface area contributed by atoms with Gasteiger partial charge < -0.3 is 157 Å². The number of nitrogens with zero attached hydrogens (tertiary/aromatic N) is 3. The summed E-state index contributed by atoms with van der Waals surface area (Å²) in [7, 11) is 0. The highest BCUT2D eigenvalue weighted by molar-refractivity contribution is 5.98. The van der Waals surface area contributed by atoms with Crippen molar-refractivity contribution in [1.29, 1.82) is 0 Å². The molecule has 102 heavy (non-hydrogen) atoms. The van der Waals surface area contributed by atoms with E-state index in [1.165, 1.54) is 35.5 Å². The van der Waals surface area contributed by atoms with Gasteiger partial charge in [0.2, 0.25) is 65.0 Å². The van der Waals surface area contributed by atoms with Crippen LogP contribution < -0.4 is 43.0 Å². The Hall–Kier alpha value is -6.63. The molecular weight excluding hydrogens is 1370 g/mol. The van der Waals surface area contributed by atoms with E-state index in [9.17, 15) is 109 Å². The fourth-order valence-corrected chi connectivity index (χ4v) is 13.2. The number of rotatable bonds is 29. The van der Waals surface area contributed by atoms with Gasteiger partial charge in [-0.15, -0.1) is 0 Å². The van der Waals surface area contributed by atoms with E-state index >= 15 is 4.79 Å². The molecule has 28 atom stereocenters. The standard InChI is InChI=1S/C60H97N11O31/c1-22(50(61)88)63-53(91)30-11-8-14-70(30)56(94)31-12-9-15-71(31)55(93)23(2)64-54(92)37(68-51(89)28(17-72)67-36(79)16-62-52(90)29-10-7-13-69(29)27(6)78)24(3)96-58-39(66-26(5)77)49(102-60-47(87)45(85)41(81)33(19-74)98-60)42(82)35(100-58)21-95-57-38(65-25(4)76)43(83)48(34(20-75)99-57)101-59-46(86)44(84)40(80)32(18-73)97-59/h22-24,28-35,37-49,57-60,72-75,80-87H,7-21H2,1-6H3,(H2,61,88)(H,62,90)(H,63,91)(H,64,92)(H,65,76)(H,66,77)(H,67,79)(H,68,89)/t22?,23?,24?,28?,29?,30?,31?,32?,33?,34?,35?,37?,38-,39-,40+,41+,42+,43?,44?,45?,46-,47-,48+,49?,57-,58-,59+,60+/m1/s1. The molecule has 7 rings (SSSR count). The molecule has 578 valence electrons. The number of ether oxygens (including phenoxy) is 8. The van der Waals surface area contributed by atoms with Gasteiger partial charge in [-0.3, -0.25) is 52.7 Å². The van der Waals surface area contributed by atoms with Gasteiger partial charge in [-0.25, -0.2) is 0 Å². The van der Waals surface area contributed by atoms with Gasteiger partial charge in [0.25, 0.3) is 0 Å². The van der Waals surface area contributed by atoms with Crippen LogP contribution in [0.2, 0.25) is 0 Å². The number of hydrogen-bond donors (Lipinski definition) is 20. The molecule has 0 aromatic rings. The van der Waals surface area contributed by atoms with Crippen molar-refractivity contribution in [3.8, 4) is 0 Å². The average molecular weight is 1470 g/mol. The number of aliphatic hydroxyl groups excluding tert-OH is 12. The lowest BCUT2D eigenvalue weighted by Gasteiger charge is -2.49. The largest absolute Gasteiger partial charge is 0.394 e. The van der Waals surface area contributed by atoms with Crippen molar-refractivity contribution in [2.24, 2.45) is 5.73 Å². The molecule has 42 heteroatoms. The van der Waals surface area contributed by atoms with E-state index in [-0.39, 0.29) is 45.3 Å². The van der Waals surface area contributed by atoms with Gasteiger partial charge in [0, 0.05) is 40.4 Å². The third-order valence-electron chi connectivity index (χ3n) is 18.8. The van der Waals surface area contributed by atoms with Crippen molar-refractivity contribution in [2.45, 2.75) is 251 Å². The number of carbonyl (C=O) groups excluding carboxylic acids is 11. The summed E-state index contributed by atoms with van der Waals surface area (Å²) in [5.74, 6) is -9.49. The summed E-state index contributed by atoms with van der Waals surface area (Å²) in [4.78, 5) is 152. The van der Waals surface area contributed by atoms with Gasteiger partial charge >= 0.3 is 0 Å². The highest BCUT2D eigenvalue weighted by Crippen LogP contribution is 2.35. The molecule has 0 radical (unpaired) electrons. The molecule has 7 fully saturated rings. The average Bonchev–Trinajstić information content (AvgIpc) is 1.31. The second-order valence-electron chi connectivity index (χ2n) is 26.1. The Morgan fingerprint density at radius 3 is 1.56 bits per heavy atom. The van der Waals surface area contributed by atoms with Crippen LogP contribution in [-0.2, 0) is 90.6 Å². The van der Waals surface area contributed by atoms with E-state index in [4.69, 9.17) is 43.6 Å². The van der Waals surface area contributed by atoms with Crippen LogP contribution in [0.1, 0.15) is 80.1 Å². The molecule has 7 aliphatic rings. The van der Waals surface area contributed by atoms with Crippen LogP contribution in [0.15, 0.2) is 0 Å². The molecule has 42 nitrogen and oxygen atoms in total. The summed E-state index contributed by atoms with van der Waals surface area (Å²) in [5.41, 5.74) is 5.35. The van der Waals surface area contributed by atoms with Crippen molar-refractivity contribution >= 4 is 65.0 Å². The fourth-order valence-electron chi connectivity index (χ4n) is 13.2. The molecule has 0 aromatic heterocycles. The van der Waals surface area contributed by atoms with Crippen LogP contribution in [0.4, 0.5) is 0 Å². The smallest absolute Gasteiger partial charge is 0.246 e. The van der Waals surface area contributed by atoms with Gasteiger partial charge in [-0.05, 0) is 59.3 Å². The first-order valence-corrected chi connectivity index (χ1v) is 33.5. The second-order valence-corrected chi connectivity index (χ2v) is 26.1. The quantitative estimate of drug-likeness (QED) is 0.0331. The Morgan fingerprint density at radius 1 is 0.510 bits per heavy atom. The maximum absolute atomic E-state index is 15.0. The predicted octanol–water partition coefficient (Wildman–Crippen LogP) is -13.5. The van der Waals surface area contributed by atoms with Crippen molar-refractivity contribution in [1.82, 2.24) is 51.9 Å². The summed E-state index contributed by atoms with van der Waals surface area (Å²) in [6.07, 6.45) is -35.1. The zero-order chi connectivity index (χ0) is 75.5. The third-order valence-corrected chi connectivity index (χ3v) is 18.8. The Balaban J connectivity index is 1.20. The SMILES string of the molecule is CC(=O)N[C@@H]1C(O[C@@H]2OC(CO)[C@H](O)C(O)[C@H]2O)[C@@H](O)C(CO[C@@H]2OC(CO)[C@H](O[C@@H]3OC(CO)[C@H](O)C(O)[C@H]3O)C(O)[C@H]2NC(C)=O)O[C@H]1OC(C)C(NC(=O)C(CO)NC(=O)CNC(=O)C1CCCN1C(C)=O)C(=O)NC(C)C(=O)N1CCCC1C(=O)N1CCCC1C(=O)NC(C)C(N)=O. The molecule has 21 N–H and O–H groups in total. The lowest BCUT2D eigenvalue weighted by Crippen LogP contribution is -2.70. The van der Waals surface area contributed by atoms with Crippen LogP contribution in [0.3, 0.4) is 0 Å². The second kappa shape index (κ2) is 36.9. The molecule has 16 unspecified atom stereocenters. The van der Waals surface area contributed by atoms with Gasteiger partial charge in [-0.2, -0.15) is 0 Å². The van der Waals surface area contributed by atoms with Gasteiger partial charge in [0.15, 0.2) is 25.2 Å². The zero-order valence-electron chi connectivity index (χ0n) is 56.8. The third kappa shape index (κ3) is 19.6. The highest BCUT2D eigenvalue weighted by atomic mass is 16.8. The van der Waals surface area contributed by atoms with Crippen LogP contribution in [0, 0.1) is 0 Å². The van der Waals surface area contributed by atoms with E-state index in [0.29, 0.717) is 12.8 Å². The summed E-state index contributed by atoms with van der Waals surface area (Å²) in [5, 5.41) is 146. The minimum absolute atomic E-state index is 0.0248. The minimum atomic E-state index is -2.20. The lowest BCUT2D eigenvalue weighted by atomic mass is 9.94. The first kappa shape index (κ1) is 82.7. The van der Waals surface area contributed by atoms with E-state index in [0.717, 1.165) is 20.8 Å². The van der Waals surface area contributed by atoms with Gasteiger partial charge in [-0.1, -0.05) is 0 Å². The molecule has 7 heterocycles. The minimum Gasteiger partial charge on any atom is -0.394 e. The molecule has 0 aromatic carbocycles. The lowest BCUT2D eigenvalue weighted by molar-refractivity contribution is -0.359. The molecule has 0 aliphatic carbocycles.